The number of nitrogens with two attached hydrogens (primary N) is 3. The standard InChI is InChI=1S/C8H11ClFN3/c9-5-1-4(7(12)3-11)2-6(10)8(5)13/h1-2,7H,3,11-13H2. The van der Waals surface area contributed by atoms with Crippen LogP contribution in [0.4, 0.5) is 10.1 Å². The molecule has 0 aliphatic heterocycles. The van der Waals surface area contributed by atoms with Crippen molar-refractivity contribution in [1.82, 2.24) is 0 Å². The van der Waals surface area contributed by atoms with Gasteiger partial charge in [-0.1, -0.05) is 11.6 Å². The van der Waals surface area contributed by atoms with Crippen LogP contribution >= 0.6 is 11.6 Å². The number of hydrogen-bond donors (Lipinski definition) is 3. The molecule has 1 aromatic rings. The van der Waals surface area contributed by atoms with Gasteiger partial charge >= 0.3 is 0 Å². The summed E-state index contributed by atoms with van der Waals surface area (Å²) in [4.78, 5) is 0. The lowest BCUT2D eigenvalue weighted by atomic mass is 10.1. The molecule has 1 unspecified atom stereocenters. The Labute approximate surface area is 80.6 Å². The van der Waals surface area contributed by atoms with Crippen LogP contribution < -0.4 is 17.2 Å². The zero-order valence-electron chi connectivity index (χ0n) is 6.93. The molecule has 0 saturated carbocycles. The van der Waals surface area contributed by atoms with E-state index < -0.39 is 11.9 Å². The first-order valence-corrected chi connectivity index (χ1v) is 4.14. The molecule has 5 heteroatoms. The Bertz CT molecular complexity index is 293. The van der Waals surface area contributed by atoms with Gasteiger partial charge in [0, 0.05) is 12.6 Å². The normalized spacial score (nSPS) is 12.9. The predicted molar refractivity (Wildman–Crippen MR) is 51.8 cm³/mol. The van der Waals surface area contributed by atoms with Crippen LogP contribution in [0.3, 0.4) is 0 Å². The van der Waals surface area contributed by atoms with Gasteiger partial charge in [-0.05, 0) is 17.7 Å². The summed E-state index contributed by atoms with van der Waals surface area (Å²) in [6.07, 6.45) is 0. The lowest BCUT2D eigenvalue weighted by Crippen LogP contribution is -2.21. The lowest BCUT2D eigenvalue weighted by Gasteiger charge is -2.10. The Morgan fingerprint density at radius 3 is 2.54 bits per heavy atom. The SMILES string of the molecule is NCC(N)c1cc(F)c(N)c(Cl)c1. The fourth-order valence-electron chi connectivity index (χ4n) is 0.954. The van der Waals surface area contributed by atoms with Crippen molar-refractivity contribution in [3.8, 4) is 0 Å². The maximum atomic E-state index is 13.0. The first-order valence-electron chi connectivity index (χ1n) is 3.76. The van der Waals surface area contributed by atoms with Gasteiger partial charge in [0.1, 0.15) is 5.82 Å². The summed E-state index contributed by atoms with van der Waals surface area (Å²) in [6.45, 7) is 0.236. The van der Waals surface area contributed by atoms with Crippen molar-refractivity contribution in [2.45, 2.75) is 6.04 Å². The summed E-state index contributed by atoms with van der Waals surface area (Å²) in [7, 11) is 0. The third-order valence-electron chi connectivity index (χ3n) is 1.78. The average molecular weight is 204 g/mol. The van der Waals surface area contributed by atoms with E-state index in [1.807, 2.05) is 0 Å². The largest absolute Gasteiger partial charge is 0.395 e. The fraction of sp³-hybridized carbons (Fsp3) is 0.250. The molecule has 13 heavy (non-hydrogen) atoms. The first kappa shape index (κ1) is 10.2. The van der Waals surface area contributed by atoms with E-state index >= 15 is 0 Å². The van der Waals surface area contributed by atoms with Gasteiger partial charge in [0.05, 0.1) is 10.7 Å². The maximum Gasteiger partial charge on any atom is 0.147 e. The van der Waals surface area contributed by atoms with Gasteiger partial charge in [-0.15, -0.1) is 0 Å². The van der Waals surface area contributed by atoms with Crippen LogP contribution in [0.25, 0.3) is 0 Å². The van der Waals surface area contributed by atoms with E-state index in [0.717, 1.165) is 0 Å². The highest BCUT2D eigenvalue weighted by atomic mass is 35.5. The van der Waals surface area contributed by atoms with Crippen molar-refractivity contribution in [2.24, 2.45) is 11.5 Å². The highest BCUT2D eigenvalue weighted by molar-refractivity contribution is 6.33. The second-order valence-corrected chi connectivity index (χ2v) is 3.15. The van der Waals surface area contributed by atoms with Crippen LogP contribution in [0.1, 0.15) is 11.6 Å². The van der Waals surface area contributed by atoms with Gasteiger partial charge in [-0.25, -0.2) is 4.39 Å². The van der Waals surface area contributed by atoms with Crippen molar-refractivity contribution >= 4 is 17.3 Å². The monoisotopic (exact) mass is 203 g/mol. The Morgan fingerprint density at radius 2 is 2.08 bits per heavy atom. The van der Waals surface area contributed by atoms with Crippen LogP contribution in [-0.4, -0.2) is 6.54 Å². The van der Waals surface area contributed by atoms with Crippen LogP contribution in [0.2, 0.25) is 5.02 Å². The smallest absolute Gasteiger partial charge is 0.147 e. The molecule has 0 aliphatic rings. The Balaban J connectivity index is 3.13. The maximum absolute atomic E-state index is 13.0. The molecule has 6 N–H and O–H groups in total. The zero-order chi connectivity index (χ0) is 10.0. The van der Waals surface area contributed by atoms with E-state index in [0.29, 0.717) is 5.56 Å². The van der Waals surface area contributed by atoms with Crippen LogP contribution in [0.15, 0.2) is 12.1 Å². The van der Waals surface area contributed by atoms with Crippen LogP contribution in [0, 0.1) is 5.82 Å². The second-order valence-electron chi connectivity index (χ2n) is 2.74. The summed E-state index contributed by atoms with van der Waals surface area (Å²) in [5.41, 5.74) is 16.7. The molecule has 0 radical (unpaired) electrons. The first-order chi connectivity index (χ1) is 6.06. The van der Waals surface area contributed by atoms with Gasteiger partial charge in [0.2, 0.25) is 0 Å². The van der Waals surface area contributed by atoms with E-state index in [9.17, 15) is 4.39 Å². The number of benzene rings is 1. The lowest BCUT2D eigenvalue weighted by molar-refractivity contribution is 0.624. The predicted octanol–water partition coefficient (Wildman–Crippen LogP) is 1.02. The summed E-state index contributed by atoms with van der Waals surface area (Å²) >= 11 is 5.66. The van der Waals surface area contributed by atoms with E-state index in [4.69, 9.17) is 28.8 Å². The molecule has 72 valence electrons. The molecular weight excluding hydrogens is 193 g/mol. The molecule has 3 nitrogen and oxygen atoms in total. The molecule has 1 aromatic carbocycles. The Hall–Kier alpha value is -0.840. The molecule has 0 fully saturated rings. The topological polar surface area (TPSA) is 78.1 Å². The summed E-state index contributed by atoms with van der Waals surface area (Å²) in [6, 6.07) is 2.36. The highest BCUT2D eigenvalue weighted by Crippen LogP contribution is 2.25. The molecule has 0 spiro atoms. The quantitative estimate of drug-likeness (QED) is 0.628. The number of anilines is 1. The van der Waals surface area contributed by atoms with E-state index in [2.05, 4.69) is 0 Å². The fourth-order valence-corrected chi connectivity index (χ4v) is 1.17. The molecule has 0 heterocycles. The molecule has 0 aromatic heterocycles. The Morgan fingerprint density at radius 1 is 1.46 bits per heavy atom. The summed E-state index contributed by atoms with van der Waals surface area (Å²) < 4.78 is 13.0. The molecule has 0 bridgehead atoms. The molecule has 1 rings (SSSR count). The molecule has 0 aliphatic carbocycles. The number of hydrogen-bond acceptors (Lipinski definition) is 3. The second kappa shape index (κ2) is 3.91. The molecular formula is C8H11ClFN3. The van der Waals surface area contributed by atoms with Gasteiger partial charge in [0.15, 0.2) is 0 Å². The van der Waals surface area contributed by atoms with Crippen molar-refractivity contribution in [1.29, 1.82) is 0 Å². The van der Waals surface area contributed by atoms with Crippen LogP contribution in [0.5, 0.6) is 0 Å². The van der Waals surface area contributed by atoms with E-state index in [-0.39, 0.29) is 17.3 Å². The average Bonchev–Trinajstić information content (AvgIpc) is 2.12. The minimum atomic E-state index is -0.564. The third-order valence-corrected chi connectivity index (χ3v) is 2.10. The number of rotatable bonds is 2. The van der Waals surface area contributed by atoms with E-state index in [1.54, 1.807) is 0 Å². The summed E-state index contributed by atoms with van der Waals surface area (Å²) in [5, 5.41) is 0.166. The van der Waals surface area contributed by atoms with Crippen molar-refractivity contribution in [2.75, 3.05) is 12.3 Å². The zero-order valence-corrected chi connectivity index (χ0v) is 7.68. The Kier molecular flexibility index (Phi) is 3.08. The van der Waals surface area contributed by atoms with Crippen molar-refractivity contribution in [3.63, 3.8) is 0 Å². The third kappa shape index (κ3) is 2.09. The van der Waals surface area contributed by atoms with Gasteiger partial charge in [-0.3, -0.25) is 0 Å². The number of nitrogen functional groups attached to an aromatic ring is 1. The van der Waals surface area contributed by atoms with Gasteiger partial charge in [-0.2, -0.15) is 0 Å². The summed E-state index contributed by atoms with van der Waals surface area (Å²) in [5.74, 6) is -0.564. The molecule has 0 amide bonds. The van der Waals surface area contributed by atoms with Crippen molar-refractivity contribution in [3.05, 3.63) is 28.5 Å². The van der Waals surface area contributed by atoms with Gasteiger partial charge in [0.25, 0.3) is 0 Å². The minimum Gasteiger partial charge on any atom is -0.395 e. The van der Waals surface area contributed by atoms with Crippen LogP contribution in [-0.2, 0) is 0 Å². The number of halogens is 2. The minimum absolute atomic E-state index is 0.0605. The van der Waals surface area contributed by atoms with Gasteiger partial charge < -0.3 is 17.2 Å². The van der Waals surface area contributed by atoms with E-state index in [1.165, 1.54) is 12.1 Å². The molecule has 1 atom stereocenters. The van der Waals surface area contributed by atoms with Crippen molar-refractivity contribution < 1.29 is 4.39 Å². The molecule has 0 saturated heterocycles. The highest BCUT2D eigenvalue weighted by Gasteiger charge is 2.10.